The van der Waals surface area contributed by atoms with Crippen molar-refractivity contribution in [3.63, 3.8) is 0 Å². The maximum absolute atomic E-state index is 14.5. The summed E-state index contributed by atoms with van der Waals surface area (Å²) in [6.45, 7) is 6.42. The summed E-state index contributed by atoms with van der Waals surface area (Å²) in [6, 6.07) is 6.48. The van der Waals surface area contributed by atoms with Gasteiger partial charge in [0.2, 0.25) is 0 Å². The minimum Gasteiger partial charge on any atom is -0.338 e. The van der Waals surface area contributed by atoms with E-state index in [1.54, 1.807) is 18.5 Å². The van der Waals surface area contributed by atoms with Gasteiger partial charge in [0.1, 0.15) is 11.3 Å². The number of piperidine rings is 1. The molecule has 198 valence electrons. The van der Waals surface area contributed by atoms with Crippen LogP contribution in [0.15, 0.2) is 49.1 Å². The Balaban J connectivity index is 1.43. The largest absolute Gasteiger partial charge is 0.338 e. The number of hydrogen-bond donors (Lipinski definition) is 3. The van der Waals surface area contributed by atoms with E-state index in [0.717, 1.165) is 59.9 Å². The molecule has 39 heavy (non-hydrogen) atoms. The number of nitrogens with zero attached hydrogens (tertiary/aromatic N) is 5. The van der Waals surface area contributed by atoms with Gasteiger partial charge in [-0.3, -0.25) is 9.97 Å². The van der Waals surface area contributed by atoms with Crippen LogP contribution in [0.3, 0.4) is 0 Å². The maximum atomic E-state index is 14.5. The molecular weight excluding hydrogens is 491 g/mol. The Labute approximate surface area is 225 Å². The van der Waals surface area contributed by atoms with Crippen molar-refractivity contribution in [3.8, 4) is 22.8 Å². The standard InChI is InChI=1S/C30H31FN8/c1-30(2)15-33-10-8-20(30)25(32)27-24-19(16-5-6-16)13-34-14-23(24)38-29(39-27)17-7-11-36-28-18(17)12-22(37-28)26-21(31)4-3-9-35-26/h3-4,7,9,11-14,16,20,25,33H,5-6,8,10,15,32H2,1-2H3,(H,36,37). The number of aromatic nitrogens is 6. The van der Waals surface area contributed by atoms with Crippen LogP contribution in [0.2, 0.25) is 0 Å². The summed E-state index contributed by atoms with van der Waals surface area (Å²) < 4.78 is 14.5. The van der Waals surface area contributed by atoms with Gasteiger partial charge >= 0.3 is 0 Å². The molecule has 1 saturated heterocycles. The molecule has 2 fully saturated rings. The summed E-state index contributed by atoms with van der Waals surface area (Å²) in [6.07, 6.45) is 10.4. The number of H-pyrrole nitrogens is 1. The second-order valence-electron chi connectivity index (χ2n) is 11.6. The van der Waals surface area contributed by atoms with E-state index in [0.29, 0.717) is 23.1 Å². The molecular formula is C30H31FN8. The van der Waals surface area contributed by atoms with Crippen LogP contribution >= 0.6 is 0 Å². The first-order valence-corrected chi connectivity index (χ1v) is 13.6. The van der Waals surface area contributed by atoms with Crippen molar-refractivity contribution in [1.29, 1.82) is 0 Å². The molecule has 9 heteroatoms. The van der Waals surface area contributed by atoms with Gasteiger partial charge < -0.3 is 16.0 Å². The van der Waals surface area contributed by atoms with Crippen LogP contribution < -0.4 is 11.1 Å². The minimum atomic E-state index is -0.399. The molecule has 8 nitrogen and oxygen atoms in total. The Hall–Kier alpha value is -3.82. The third-order valence-electron chi connectivity index (χ3n) is 8.43. The lowest BCUT2D eigenvalue weighted by Crippen LogP contribution is -2.47. The van der Waals surface area contributed by atoms with E-state index in [-0.39, 0.29) is 23.1 Å². The van der Waals surface area contributed by atoms with Crippen LogP contribution in [0.25, 0.3) is 44.7 Å². The summed E-state index contributed by atoms with van der Waals surface area (Å²) in [5.41, 5.74) is 12.3. The third kappa shape index (κ3) is 4.17. The molecule has 2 atom stereocenters. The molecule has 0 radical (unpaired) electrons. The molecule has 0 bridgehead atoms. The first-order chi connectivity index (χ1) is 18.9. The fourth-order valence-electron chi connectivity index (χ4n) is 6.18. The summed E-state index contributed by atoms with van der Waals surface area (Å²) in [4.78, 5) is 26.7. The zero-order valence-corrected chi connectivity index (χ0v) is 22.1. The SMILES string of the molecule is CC1(C)CNCCC1C(N)c1nc(-c2ccnc3[nH]c(-c4ncccc4F)cc23)nc2cncc(C3CC3)c12. The van der Waals surface area contributed by atoms with Crippen LogP contribution in [-0.2, 0) is 0 Å². The second-order valence-corrected chi connectivity index (χ2v) is 11.6. The van der Waals surface area contributed by atoms with Gasteiger partial charge in [-0.2, -0.15) is 0 Å². The Morgan fingerprint density at radius 3 is 2.74 bits per heavy atom. The molecule has 1 saturated carbocycles. The zero-order valence-electron chi connectivity index (χ0n) is 22.1. The van der Waals surface area contributed by atoms with Crippen molar-refractivity contribution >= 4 is 21.9 Å². The third-order valence-corrected chi connectivity index (χ3v) is 8.43. The second kappa shape index (κ2) is 9.14. The van der Waals surface area contributed by atoms with E-state index in [2.05, 4.69) is 39.1 Å². The summed E-state index contributed by atoms with van der Waals surface area (Å²) in [5.74, 6) is 0.905. The molecule has 6 heterocycles. The Kier molecular flexibility index (Phi) is 5.68. The molecule has 7 rings (SSSR count). The van der Waals surface area contributed by atoms with Crippen LogP contribution in [0.1, 0.15) is 56.3 Å². The Morgan fingerprint density at radius 1 is 1.08 bits per heavy atom. The van der Waals surface area contributed by atoms with Crippen LogP contribution in [-0.4, -0.2) is 43.0 Å². The number of nitrogens with two attached hydrogens (primary N) is 1. The summed E-state index contributed by atoms with van der Waals surface area (Å²) in [7, 11) is 0. The van der Waals surface area contributed by atoms with Crippen LogP contribution in [0.4, 0.5) is 4.39 Å². The van der Waals surface area contributed by atoms with Gasteiger partial charge in [0.05, 0.1) is 29.1 Å². The minimum absolute atomic E-state index is 0.0219. The summed E-state index contributed by atoms with van der Waals surface area (Å²) >= 11 is 0. The molecule has 1 aliphatic carbocycles. The first-order valence-electron chi connectivity index (χ1n) is 13.6. The van der Waals surface area contributed by atoms with Gasteiger partial charge in [0.15, 0.2) is 11.6 Å². The quantitative estimate of drug-likeness (QED) is 0.287. The molecule has 0 amide bonds. The predicted molar refractivity (Wildman–Crippen MR) is 149 cm³/mol. The Morgan fingerprint density at radius 2 is 1.95 bits per heavy atom. The predicted octanol–water partition coefficient (Wildman–Crippen LogP) is 5.28. The van der Waals surface area contributed by atoms with E-state index in [4.69, 9.17) is 15.7 Å². The number of rotatable bonds is 5. The molecule has 5 aromatic rings. The fourth-order valence-corrected chi connectivity index (χ4v) is 6.18. The molecule has 1 aliphatic heterocycles. The number of fused-ring (bicyclic) bond motifs is 2. The van der Waals surface area contributed by atoms with Crippen molar-refractivity contribution in [2.75, 3.05) is 13.1 Å². The number of hydrogen-bond acceptors (Lipinski definition) is 7. The normalized spacial score (nSPS) is 19.9. The molecule has 2 unspecified atom stereocenters. The molecule has 4 N–H and O–H groups in total. The topological polar surface area (TPSA) is 118 Å². The highest BCUT2D eigenvalue weighted by Crippen LogP contribution is 2.46. The number of pyridine rings is 3. The van der Waals surface area contributed by atoms with Gasteiger partial charge in [-0.1, -0.05) is 13.8 Å². The highest BCUT2D eigenvalue weighted by atomic mass is 19.1. The molecule has 0 aromatic carbocycles. The summed E-state index contributed by atoms with van der Waals surface area (Å²) in [5, 5.41) is 5.37. The van der Waals surface area contributed by atoms with Gasteiger partial charge in [-0.25, -0.2) is 19.3 Å². The lowest BCUT2D eigenvalue weighted by atomic mass is 9.70. The molecule has 5 aromatic heterocycles. The number of halogens is 1. The maximum Gasteiger partial charge on any atom is 0.160 e. The Bertz CT molecular complexity index is 1710. The number of nitrogens with one attached hydrogen (secondary N) is 2. The fraction of sp³-hybridized carbons (Fsp3) is 0.367. The van der Waals surface area contributed by atoms with Crippen molar-refractivity contribution in [3.05, 3.63) is 66.1 Å². The lowest BCUT2D eigenvalue weighted by molar-refractivity contribution is 0.128. The van der Waals surface area contributed by atoms with Crippen LogP contribution in [0, 0.1) is 17.2 Å². The highest BCUT2D eigenvalue weighted by Gasteiger charge is 2.39. The zero-order chi connectivity index (χ0) is 26.7. The highest BCUT2D eigenvalue weighted by molar-refractivity contribution is 5.96. The van der Waals surface area contributed by atoms with E-state index >= 15 is 0 Å². The first kappa shape index (κ1) is 24.2. The van der Waals surface area contributed by atoms with Gasteiger partial charge in [0, 0.05) is 41.5 Å². The van der Waals surface area contributed by atoms with Crippen molar-refractivity contribution < 1.29 is 4.39 Å². The molecule has 0 spiro atoms. The van der Waals surface area contributed by atoms with Gasteiger partial charge in [0.25, 0.3) is 0 Å². The monoisotopic (exact) mass is 522 g/mol. The van der Waals surface area contributed by atoms with Crippen molar-refractivity contribution in [2.24, 2.45) is 17.1 Å². The number of aromatic amines is 1. The van der Waals surface area contributed by atoms with Crippen molar-refractivity contribution in [2.45, 2.75) is 45.1 Å². The smallest absolute Gasteiger partial charge is 0.160 e. The average molecular weight is 523 g/mol. The molecule has 2 aliphatic rings. The van der Waals surface area contributed by atoms with E-state index < -0.39 is 5.82 Å². The van der Waals surface area contributed by atoms with E-state index in [1.165, 1.54) is 11.6 Å². The van der Waals surface area contributed by atoms with E-state index in [9.17, 15) is 4.39 Å². The van der Waals surface area contributed by atoms with Gasteiger partial charge in [-0.15, -0.1) is 0 Å². The average Bonchev–Trinajstić information content (AvgIpc) is 3.69. The van der Waals surface area contributed by atoms with Crippen LogP contribution in [0.5, 0.6) is 0 Å². The van der Waals surface area contributed by atoms with Crippen molar-refractivity contribution in [1.82, 2.24) is 35.2 Å². The lowest BCUT2D eigenvalue weighted by Gasteiger charge is -2.42. The van der Waals surface area contributed by atoms with Gasteiger partial charge in [-0.05, 0) is 72.9 Å². The van der Waals surface area contributed by atoms with E-state index in [1.807, 2.05) is 24.5 Å².